The van der Waals surface area contributed by atoms with E-state index >= 15 is 0 Å². The standard InChI is InChI=1S/C14H18F3NO2/c1-18-6-4-9-8-11(19-2)13(20-3)12(14(15,16)17)10(9)5-7-18/h8H,4-7H2,1-3H3. The Hall–Kier alpha value is -1.43. The van der Waals surface area contributed by atoms with Gasteiger partial charge in [-0.25, -0.2) is 0 Å². The summed E-state index contributed by atoms with van der Waals surface area (Å²) in [5.41, 5.74) is 0.337. The van der Waals surface area contributed by atoms with Crippen molar-refractivity contribution >= 4 is 0 Å². The van der Waals surface area contributed by atoms with Crippen LogP contribution < -0.4 is 9.47 Å². The van der Waals surface area contributed by atoms with Gasteiger partial charge >= 0.3 is 6.18 Å². The minimum atomic E-state index is -4.45. The third-order valence-electron chi connectivity index (χ3n) is 3.66. The van der Waals surface area contributed by atoms with E-state index in [0.717, 1.165) is 6.54 Å². The summed E-state index contributed by atoms with van der Waals surface area (Å²) >= 11 is 0. The van der Waals surface area contributed by atoms with Crippen LogP contribution in [0.3, 0.4) is 0 Å². The molecule has 2 rings (SSSR count). The molecule has 20 heavy (non-hydrogen) atoms. The average Bonchev–Trinajstić information content (AvgIpc) is 2.57. The molecule has 0 bridgehead atoms. The highest BCUT2D eigenvalue weighted by molar-refractivity contribution is 5.56. The fourth-order valence-corrected chi connectivity index (χ4v) is 2.62. The highest BCUT2D eigenvalue weighted by Crippen LogP contribution is 2.46. The fourth-order valence-electron chi connectivity index (χ4n) is 2.62. The normalized spacial score (nSPS) is 16.5. The molecule has 0 N–H and O–H groups in total. The van der Waals surface area contributed by atoms with E-state index in [1.807, 2.05) is 11.9 Å². The first kappa shape index (κ1) is 15.0. The number of benzene rings is 1. The van der Waals surface area contributed by atoms with Crippen molar-refractivity contribution < 1.29 is 22.6 Å². The second kappa shape index (κ2) is 5.52. The average molecular weight is 289 g/mol. The van der Waals surface area contributed by atoms with Gasteiger partial charge in [0.2, 0.25) is 0 Å². The number of methoxy groups -OCH3 is 2. The van der Waals surface area contributed by atoms with Crippen LogP contribution >= 0.6 is 0 Å². The summed E-state index contributed by atoms with van der Waals surface area (Å²) in [5.74, 6) is -0.0774. The van der Waals surface area contributed by atoms with Crippen LogP contribution in [0.5, 0.6) is 11.5 Å². The number of ether oxygens (including phenoxy) is 2. The van der Waals surface area contributed by atoms with Crippen molar-refractivity contribution in [2.24, 2.45) is 0 Å². The lowest BCUT2D eigenvalue weighted by Crippen LogP contribution is -2.21. The van der Waals surface area contributed by atoms with E-state index in [2.05, 4.69) is 0 Å². The molecule has 0 aromatic heterocycles. The van der Waals surface area contributed by atoms with Crippen LogP contribution in [0.15, 0.2) is 6.07 Å². The van der Waals surface area contributed by atoms with Crippen LogP contribution in [0.4, 0.5) is 13.2 Å². The smallest absolute Gasteiger partial charge is 0.420 e. The molecule has 0 saturated carbocycles. The van der Waals surface area contributed by atoms with E-state index in [1.165, 1.54) is 14.2 Å². The third-order valence-corrected chi connectivity index (χ3v) is 3.66. The molecule has 3 nitrogen and oxygen atoms in total. The van der Waals surface area contributed by atoms with E-state index in [-0.39, 0.29) is 11.5 Å². The monoisotopic (exact) mass is 289 g/mol. The van der Waals surface area contributed by atoms with E-state index in [9.17, 15) is 13.2 Å². The molecule has 1 aromatic carbocycles. The van der Waals surface area contributed by atoms with Gasteiger partial charge in [-0.1, -0.05) is 0 Å². The zero-order valence-electron chi connectivity index (χ0n) is 11.8. The van der Waals surface area contributed by atoms with Crippen LogP contribution in [0, 0.1) is 0 Å². The van der Waals surface area contributed by atoms with E-state index < -0.39 is 11.7 Å². The molecule has 6 heteroatoms. The Kier molecular flexibility index (Phi) is 4.13. The maximum atomic E-state index is 13.4. The number of likely N-dealkylation sites (N-methyl/N-ethyl adjacent to an activating group) is 1. The van der Waals surface area contributed by atoms with Crippen molar-refractivity contribution in [3.8, 4) is 11.5 Å². The van der Waals surface area contributed by atoms with Gasteiger partial charge in [0.25, 0.3) is 0 Å². The Balaban J connectivity index is 2.67. The van der Waals surface area contributed by atoms with Crippen molar-refractivity contribution in [2.45, 2.75) is 19.0 Å². The molecule has 1 heterocycles. The predicted octanol–water partition coefficient (Wildman–Crippen LogP) is 2.75. The van der Waals surface area contributed by atoms with Gasteiger partial charge in [-0.2, -0.15) is 13.2 Å². The Morgan fingerprint density at radius 3 is 2.30 bits per heavy atom. The van der Waals surface area contributed by atoms with Crippen molar-refractivity contribution in [3.05, 3.63) is 22.8 Å². The second-order valence-electron chi connectivity index (χ2n) is 4.93. The van der Waals surface area contributed by atoms with Crippen molar-refractivity contribution in [1.82, 2.24) is 4.90 Å². The minimum absolute atomic E-state index is 0.142. The summed E-state index contributed by atoms with van der Waals surface area (Å²) in [6.45, 7) is 1.34. The molecule has 0 fully saturated rings. The van der Waals surface area contributed by atoms with Gasteiger partial charge in [-0.15, -0.1) is 0 Å². The first-order valence-electron chi connectivity index (χ1n) is 6.41. The number of nitrogens with zero attached hydrogens (tertiary/aromatic N) is 1. The number of hydrogen-bond donors (Lipinski definition) is 0. The minimum Gasteiger partial charge on any atom is -0.493 e. The highest BCUT2D eigenvalue weighted by Gasteiger charge is 2.40. The molecule has 1 aliphatic rings. The lowest BCUT2D eigenvalue weighted by atomic mass is 9.95. The number of halogens is 3. The lowest BCUT2D eigenvalue weighted by molar-refractivity contribution is -0.139. The van der Waals surface area contributed by atoms with Crippen LogP contribution in [0.1, 0.15) is 16.7 Å². The van der Waals surface area contributed by atoms with Crippen LogP contribution in [-0.2, 0) is 19.0 Å². The molecule has 1 aliphatic heterocycles. The maximum Gasteiger partial charge on any atom is 0.420 e. The molecule has 0 amide bonds. The summed E-state index contributed by atoms with van der Waals surface area (Å²) < 4.78 is 50.3. The van der Waals surface area contributed by atoms with E-state index in [1.54, 1.807) is 6.07 Å². The SMILES string of the molecule is COc1cc2c(c(C(F)(F)F)c1OC)CCN(C)CC2. The Bertz CT molecular complexity index is 500. The topological polar surface area (TPSA) is 21.7 Å². The zero-order chi connectivity index (χ0) is 14.9. The first-order chi connectivity index (χ1) is 9.38. The maximum absolute atomic E-state index is 13.4. The van der Waals surface area contributed by atoms with Gasteiger partial charge in [-0.3, -0.25) is 0 Å². The van der Waals surface area contributed by atoms with Crippen molar-refractivity contribution in [2.75, 3.05) is 34.4 Å². The van der Waals surface area contributed by atoms with Gasteiger partial charge in [0.1, 0.15) is 5.56 Å². The highest BCUT2D eigenvalue weighted by atomic mass is 19.4. The summed E-state index contributed by atoms with van der Waals surface area (Å²) in [6, 6.07) is 1.67. The van der Waals surface area contributed by atoms with Crippen molar-refractivity contribution in [1.29, 1.82) is 0 Å². The van der Waals surface area contributed by atoms with Gasteiger partial charge in [-0.05, 0) is 37.1 Å². The zero-order valence-corrected chi connectivity index (χ0v) is 11.8. The largest absolute Gasteiger partial charge is 0.493 e. The fraction of sp³-hybridized carbons (Fsp3) is 0.571. The first-order valence-corrected chi connectivity index (χ1v) is 6.41. The molecule has 0 spiro atoms. The third kappa shape index (κ3) is 2.70. The number of fused-ring (bicyclic) bond motifs is 1. The molecule has 0 saturated heterocycles. The Labute approximate surface area is 116 Å². The van der Waals surface area contributed by atoms with Crippen molar-refractivity contribution in [3.63, 3.8) is 0 Å². The molecule has 0 atom stereocenters. The molecule has 0 radical (unpaired) electrons. The molecule has 1 aromatic rings. The molecule has 0 unspecified atom stereocenters. The number of alkyl halides is 3. The number of rotatable bonds is 2. The van der Waals surface area contributed by atoms with Gasteiger partial charge in [0.05, 0.1) is 14.2 Å². The summed E-state index contributed by atoms with van der Waals surface area (Å²) in [6.07, 6.45) is -3.51. The number of hydrogen-bond acceptors (Lipinski definition) is 3. The van der Waals surface area contributed by atoms with Gasteiger partial charge < -0.3 is 14.4 Å². The lowest BCUT2D eigenvalue weighted by Gasteiger charge is -2.21. The summed E-state index contributed by atoms with van der Waals surface area (Å²) in [5, 5.41) is 0. The van der Waals surface area contributed by atoms with Crippen LogP contribution in [0.2, 0.25) is 0 Å². The summed E-state index contributed by atoms with van der Waals surface area (Å²) in [4.78, 5) is 2.03. The quantitative estimate of drug-likeness (QED) is 0.835. The second-order valence-corrected chi connectivity index (χ2v) is 4.93. The Morgan fingerprint density at radius 1 is 1.10 bits per heavy atom. The van der Waals surface area contributed by atoms with E-state index in [4.69, 9.17) is 9.47 Å². The molecule has 0 aliphatic carbocycles. The van der Waals surface area contributed by atoms with Gasteiger partial charge in [0.15, 0.2) is 11.5 Å². The van der Waals surface area contributed by atoms with Gasteiger partial charge in [0, 0.05) is 13.1 Å². The van der Waals surface area contributed by atoms with Crippen LogP contribution in [0.25, 0.3) is 0 Å². The molecular formula is C14H18F3NO2. The predicted molar refractivity (Wildman–Crippen MR) is 69.5 cm³/mol. The molecule has 112 valence electrons. The molecular weight excluding hydrogens is 271 g/mol. The van der Waals surface area contributed by atoms with Crippen LogP contribution in [-0.4, -0.2) is 39.3 Å². The van der Waals surface area contributed by atoms with E-state index in [0.29, 0.717) is 30.5 Å². The summed E-state index contributed by atoms with van der Waals surface area (Å²) in [7, 11) is 4.50. The Morgan fingerprint density at radius 2 is 1.75 bits per heavy atom.